The van der Waals surface area contributed by atoms with E-state index in [0.29, 0.717) is 4.88 Å². The third kappa shape index (κ3) is 3.41. The van der Waals surface area contributed by atoms with E-state index in [1.54, 1.807) is 5.51 Å². The molecule has 1 unspecified atom stereocenters. The van der Waals surface area contributed by atoms with Crippen LogP contribution in [0.1, 0.15) is 9.67 Å². The fourth-order valence-electron chi connectivity index (χ4n) is 0.877. The molecule has 1 rings (SSSR count). The van der Waals surface area contributed by atoms with E-state index in [-0.39, 0.29) is 19.1 Å². The van der Waals surface area contributed by atoms with Crippen LogP contribution in [0.4, 0.5) is 0 Å². The molecule has 1 aromatic heterocycles. The van der Waals surface area contributed by atoms with E-state index in [4.69, 9.17) is 4.74 Å². The van der Waals surface area contributed by atoms with E-state index < -0.39 is 6.10 Å². The fourth-order valence-corrected chi connectivity index (χ4v) is 1.41. The molecular weight excluding hydrogens is 204 g/mol. The lowest BCUT2D eigenvalue weighted by Crippen LogP contribution is -2.33. The van der Waals surface area contributed by atoms with Gasteiger partial charge in [0, 0.05) is 13.7 Å². The molecule has 1 aromatic rings. The van der Waals surface area contributed by atoms with Gasteiger partial charge in [-0.25, -0.2) is 0 Å². The molecule has 0 radical (unpaired) electrons. The van der Waals surface area contributed by atoms with Crippen molar-refractivity contribution in [2.45, 2.75) is 6.10 Å². The molecule has 0 aliphatic rings. The standard InChI is InChI=1S/C8H12N2O3S/c1-13-4-6(11)2-10-8(12)7-3-9-5-14-7/h3,5-6,11H,2,4H2,1H3,(H,10,12). The van der Waals surface area contributed by atoms with Gasteiger partial charge in [-0.3, -0.25) is 9.78 Å². The quantitative estimate of drug-likeness (QED) is 0.720. The van der Waals surface area contributed by atoms with Crippen molar-refractivity contribution in [2.75, 3.05) is 20.3 Å². The van der Waals surface area contributed by atoms with Gasteiger partial charge in [-0.2, -0.15) is 0 Å². The topological polar surface area (TPSA) is 71.5 Å². The first kappa shape index (κ1) is 11.1. The summed E-state index contributed by atoms with van der Waals surface area (Å²) in [4.78, 5) is 15.6. The van der Waals surface area contributed by atoms with Crippen molar-refractivity contribution in [3.05, 3.63) is 16.6 Å². The highest BCUT2D eigenvalue weighted by Gasteiger charge is 2.09. The van der Waals surface area contributed by atoms with Gasteiger partial charge in [-0.05, 0) is 0 Å². The normalized spacial score (nSPS) is 12.4. The van der Waals surface area contributed by atoms with Crippen LogP contribution in [0.15, 0.2) is 11.7 Å². The van der Waals surface area contributed by atoms with Gasteiger partial charge in [0.1, 0.15) is 4.88 Å². The molecule has 0 spiro atoms. The molecule has 0 bridgehead atoms. The van der Waals surface area contributed by atoms with Gasteiger partial charge in [-0.15, -0.1) is 11.3 Å². The molecule has 1 heterocycles. The molecule has 0 saturated heterocycles. The number of aromatic nitrogens is 1. The smallest absolute Gasteiger partial charge is 0.263 e. The lowest BCUT2D eigenvalue weighted by Gasteiger charge is -2.09. The monoisotopic (exact) mass is 216 g/mol. The largest absolute Gasteiger partial charge is 0.389 e. The van der Waals surface area contributed by atoms with Gasteiger partial charge >= 0.3 is 0 Å². The van der Waals surface area contributed by atoms with E-state index in [1.807, 2.05) is 0 Å². The second-order valence-corrected chi connectivity index (χ2v) is 3.57. The summed E-state index contributed by atoms with van der Waals surface area (Å²) >= 11 is 1.26. The zero-order chi connectivity index (χ0) is 10.4. The summed E-state index contributed by atoms with van der Waals surface area (Å²) in [5.41, 5.74) is 1.58. The Morgan fingerprint density at radius 1 is 1.86 bits per heavy atom. The molecular formula is C8H12N2O3S. The number of amides is 1. The van der Waals surface area contributed by atoms with Gasteiger partial charge in [0.25, 0.3) is 5.91 Å². The van der Waals surface area contributed by atoms with Crippen molar-refractivity contribution >= 4 is 17.2 Å². The fraction of sp³-hybridized carbons (Fsp3) is 0.500. The number of carbonyl (C=O) groups is 1. The maximum Gasteiger partial charge on any atom is 0.263 e. The molecule has 0 aromatic carbocycles. The molecule has 0 saturated carbocycles. The number of aliphatic hydroxyl groups is 1. The zero-order valence-electron chi connectivity index (χ0n) is 7.77. The summed E-state index contributed by atoms with van der Waals surface area (Å²) in [6.07, 6.45) is 0.819. The van der Waals surface area contributed by atoms with Crippen molar-refractivity contribution < 1.29 is 14.6 Å². The molecule has 5 nitrogen and oxygen atoms in total. The Balaban J connectivity index is 2.28. The van der Waals surface area contributed by atoms with Gasteiger partial charge in [-0.1, -0.05) is 0 Å². The summed E-state index contributed by atoms with van der Waals surface area (Å²) in [6.45, 7) is 0.396. The van der Waals surface area contributed by atoms with Crippen LogP contribution in [-0.4, -0.2) is 42.4 Å². The first-order valence-electron chi connectivity index (χ1n) is 4.07. The molecule has 2 N–H and O–H groups in total. The number of rotatable bonds is 5. The van der Waals surface area contributed by atoms with Gasteiger partial charge in [0.05, 0.1) is 24.4 Å². The average Bonchev–Trinajstić information content (AvgIpc) is 2.67. The number of nitrogens with zero attached hydrogens (tertiary/aromatic N) is 1. The third-order valence-electron chi connectivity index (χ3n) is 1.51. The average molecular weight is 216 g/mol. The molecule has 78 valence electrons. The lowest BCUT2D eigenvalue weighted by molar-refractivity contribution is 0.0610. The number of thiazole rings is 1. The summed E-state index contributed by atoms with van der Waals surface area (Å²) < 4.78 is 4.72. The number of methoxy groups -OCH3 is 1. The lowest BCUT2D eigenvalue weighted by atomic mass is 10.3. The first-order valence-corrected chi connectivity index (χ1v) is 4.95. The van der Waals surface area contributed by atoms with Gasteiger partial charge in [0.15, 0.2) is 0 Å². The highest BCUT2D eigenvalue weighted by molar-refractivity contribution is 7.11. The van der Waals surface area contributed by atoms with Crippen LogP contribution in [0.3, 0.4) is 0 Å². The highest BCUT2D eigenvalue weighted by atomic mass is 32.1. The summed E-state index contributed by atoms with van der Waals surface area (Å²) in [6, 6.07) is 0. The molecule has 6 heteroatoms. The Labute approximate surface area is 85.7 Å². The minimum absolute atomic E-state index is 0.185. The van der Waals surface area contributed by atoms with Crippen molar-refractivity contribution in [1.82, 2.24) is 10.3 Å². The predicted octanol–water partition coefficient (Wildman–Crippen LogP) is -0.120. The summed E-state index contributed by atoms with van der Waals surface area (Å²) in [7, 11) is 1.49. The maximum atomic E-state index is 11.3. The number of hydrogen-bond donors (Lipinski definition) is 2. The number of nitrogens with one attached hydrogen (secondary N) is 1. The Morgan fingerprint density at radius 3 is 3.21 bits per heavy atom. The van der Waals surface area contributed by atoms with Gasteiger partial charge in [0.2, 0.25) is 0 Å². The second-order valence-electron chi connectivity index (χ2n) is 2.68. The van der Waals surface area contributed by atoms with Crippen LogP contribution in [-0.2, 0) is 4.74 Å². The van der Waals surface area contributed by atoms with Crippen LogP contribution in [0.25, 0.3) is 0 Å². The molecule has 0 aliphatic heterocycles. The third-order valence-corrected chi connectivity index (χ3v) is 2.29. The SMILES string of the molecule is COCC(O)CNC(=O)c1cncs1. The molecule has 1 atom stereocenters. The number of aliphatic hydroxyl groups excluding tert-OH is 1. The van der Waals surface area contributed by atoms with Crippen molar-refractivity contribution in [3.8, 4) is 0 Å². The molecule has 0 aliphatic carbocycles. The van der Waals surface area contributed by atoms with E-state index >= 15 is 0 Å². The molecule has 0 fully saturated rings. The number of hydrogen-bond acceptors (Lipinski definition) is 5. The Kier molecular flexibility index (Phi) is 4.51. The molecule has 1 amide bonds. The predicted molar refractivity (Wildman–Crippen MR) is 52.3 cm³/mol. The van der Waals surface area contributed by atoms with E-state index in [2.05, 4.69) is 10.3 Å². The van der Waals surface area contributed by atoms with Crippen LogP contribution >= 0.6 is 11.3 Å². The van der Waals surface area contributed by atoms with Crippen LogP contribution in [0.2, 0.25) is 0 Å². The summed E-state index contributed by atoms with van der Waals surface area (Å²) in [5.74, 6) is -0.220. The number of ether oxygens (including phenoxy) is 1. The van der Waals surface area contributed by atoms with Crippen LogP contribution < -0.4 is 5.32 Å². The number of carbonyl (C=O) groups excluding carboxylic acids is 1. The van der Waals surface area contributed by atoms with Crippen molar-refractivity contribution in [1.29, 1.82) is 0 Å². The summed E-state index contributed by atoms with van der Waals surface area (Å²) in [5, 5.41) is 11.8. The van der Waals surface area contributed by atoms with E-state index in [1.165, 1.54) is 24.6 Å². The molecule has 14 heavy (non-hydrogen) atoms. The van der Waals surface area contributed by atoms with Crippen LogP contribution in [0.5, 0.6) is 0 Å². The minimum atomic E-state index is -0.670. The van der Waals surface area contributed by atoms with Crippen molar-refractivity contribution in [2.24, 2.45) is 0 Å². The zero-order valence-corrected chi connectivity index (χ0v) is 8.58. The first-order chi connectivity index (χ1) is 6.74. The minimum Gasteiger partial charge on any atom is -0.389 e. The highest BCUT2D eigenvalue weighted by Crippen LogP contribution is 2.04. The van der Waals surface area contributed by atoms with Gasteiger partial charge < -0.3 is 15.2 Å². The Morgan fingerprint density at radius 2 is 2.64 bits per heavy atom. The maximum absolute atomic E-state index is 11.3. The Bertz CT molecular complexity index is 276. The Hall–Kier alpha value is -0.980. The van der Waals surface area contributed by atoms with Crippen LogP contribution in [0, 0.1) is 0 Å². The van der Waals surface area contributed by atoms with Crippen molar-refractivity contribution in [3.63, 3.8) is 0 Å². The van der Waals surface area contributed by atoms with E-state index in [9.17, 15) is 9.90 Å². The van der Waals surface area contributed by atoms with E-state index in [0.717, 1.165) is 0 Å². The second kappa shape index (κ2) is 5.69.